The maximum atomic E-state index is 5.83. The SMILES string of the molecule is COc1c(N)ncnc1N(CC1CC1)C1CC1. The molecule has 0 bridgehead atoms. The second kappa shape index (κ2) is 4.05. The molecule has 0 spiro atoms. The van der Waals surface area contributed by atoms with Crippen LogP contribution in [0.25, 0.3) is 0 Å². The number of rotatable bonds is 5. The standard InChI is InChI=1S/C12H18N4O/c1-17-10-11(13)14-7-15-12(10)16(9-4-5-9)6-8-2-3-8/h7-9H,2-6H2,1H3,(H2,13,14,15). The first-order chi connectivity index (χ1) is 8.29. The van der Waals surface area contributed by atoms with Gasteiger partial charge in [0.25, 0.3) is 0 Å². The predicted octanol–water partition coefficient (Wildman–Crippen LogP) is 1.45. The summed E-state index contributed by atoms with van der Waals surface area (Å²) < 4.78 is 5.35. The van der Waals surface area contributed by atoms with E-state index >= 15 is 0 Å². The van der Waals surface area contributed by atoms with E-state index in [1.165, 1.54) is 32.0 Å². The summed E-state index contributed by atoms with van der Waals surface area (Å²) in [7, 11) is 1.63. The average Bonchev–Trinajstić information content (AvgIpc) is 3.17. The molecular weight excluding hydrogens is 216 g/mol. The molecule has 2 aliphatic carbocycles. The van der Waals surface area contributed by atoms with Gasteiger partial charge in [0.2, 0.25) is 5.75 Å². The van der Waals surface area contributed by atoms with Crippen molar-refractivity contribution >= 4 is 11.6 Å². The van der Waals surface area contributed by atoms with Crippen molar-refractivity contribution in [1.82, 2.24) is 9.97 Å². The third kappa shape index (κ3) is 2.14. The van der Waals surface area contributed by atoms with E-state index in [1.807, 2.05) is 0 Å². The lowest BCUT2D eigenvalue weighted by Crippen LogP contribution is -2.29. The first-order valence-electron chi connectivity index (χ1n) is 6.20. The fourth-order valence-corrected chi connectivity index (χ4v) is 2.15. The van der Waals surface area contributed by atoms with E-state index in [0.29, 0.717) is 17.6 Å². The topological polar surface area (TPSA) is 64.3 Å². The van der Waals surface area contributed by atoms with Crippen LogP contribution in [-0.2, 0) is 0 Å². The number of methoxy groups -OCH3 is 1. The molecule has 5 nitrogen and oxygen atoms in total. The van der Waals surface area contributed by atoms with E-state index < -0.39 is 0 Å². The van der Waals surface area contributed by atoms with Crippen molar-refractivity contribution < 1.29 is 4.74 Å². The van der Waals surface area contributed by atoms with E-state index in [4.69, 9.17) is 10.5 Å². The number of ether oxygens (including phenoxy) is 1. The number of nitrogens with two attached hydrogens (primary N) is 1. The Bertz CT molecular complexity index is 415. The van der Waals surface area contributed by atoms with Gasteiger partial charge in [-0.2, -0.15) is 0 Å². The molecule has 2 aliphatic rings. The zero-order valence-electron chi connectivity index (χ0n) is 10.1. The molecule has 2 N–H and O–H groups in total. The van der Waals surface area contributed by atoms with Crippen molar-refractivity contribution in [3.05, 3.63) is 6.33 Å². The van der Waals surface area contributed by atoms with Crippen LogP contribution >= 0.6 is 0 Å². The van der Waals surface area contributed by atoms with Crippen molar-refractivity contribution in [3.8, 4) is 5.75 Å². The summed E-state index contributed by atoms with van der Waals surface area (Å²) in [6, 6.07) is 0.624. The van der Waals surface area contributed by atoms with Crippen LogP contribution in [0.4, 0.5) is 11.6 Å². The number of aromatic nitrogens is 2. The molecule has 5 heteroatoms. The van der Waals surface area contributed by atoms with Crippen molar-refractivity contribution in [1.29, 1.82) is 0 Å². The highest BCUT2D eigenvalue weighted by atomic mass is 16.5. The van der Waals surface area contributed by atoms with Gasteiger partial charge < -0.3 is 15.4 Å². The van der Waals surface area contributed by atoms with Gasteiger partial charge in [-0.25, -0.2) is 9.97 Å². The predicted molar refractivity (Wildman–Crippen MR) is 66.1 cm³/mol. The minimum atomic E-state index is 0.430. The van der Waals surface area contributed by atoms with Crippen LogP contribution in [0.5, 0.6) is 5.75 Å². The molecule has 17 heavy (non-hydrogen) atoms. The van der Waals surface area contributed by atoms with Gasteiger partial charge in [0.1, 0.15) is 6.33 Å². The third-order valence-corrected chi connectivity index (χ3v) is 3.43. The first kappa shape index (κ1) is 10.6. The highest BCUT2D eigenvalue weighted by molar-refractivity contribution is 5.63. The van der Waals surface area contributed by atoms with E-state index in [1.54, 1.807) is 7.11 Å². The summed E-state index contributed by atoms with van der Waals surface area (Å²) >= 11 is 0. The van der Waals surface area contributed by atoms with Crippen LogP contribution in [0.2, 0.25) is 0 Å². The summed E-state index contributed by atoms with van der Waals surface area (Å²) in [4.78, 5) is 10.7. The van der Waals surface area contributed by atoms with Gasteiger partial charge in [0, 0.05) is 12.6 Å². The summed E-state index contributed by atoms with van der Waals surface area (Å²) in [6.07, 6.45) is 6.70. The van der Waals surface area contributed by atoms with E-state index in [-0.39, 0.29) is 0 Å². The van der Waals surface area contributed by atoms with Gasteiger partial charge in [0.15, 0.2) is 11.6 Å². The molecule has 0 aromatic carbocycles. The lowest BCUT2D eigenvalue weighted by atomic mass is 10.3. The van der Waals surface area contributed by atoms with Gasteiger partial charge in [0.05, 0.1) is 7.11 Å². The summed E-state index contributed by atoms with van der Waals surface area (Å²) in [6.45, 7) is 1.08. The Labute approximate surface area is 101 Å². The lowest BCUT2D eigenvalue weighted by molar-refractivity contribution is 0.412. The second-order valence-corrected chi connectivity index (χ2v) is 4.94. The largest absolute Gasteiger partial charge is 0.490 e. The van der Waals surface area contributed by atoms with Crippen LogP contribution in [0.15, 0.2) is 6.33 Å². The van der Waals surface area contributed by atoms with Crippen LogP contribution in [0, 0.1) is 5.92 Å². The molecule has 92 valence electrons. The number of nitrogen functional groups attached to an aromatic ring is 1. The maximum absolute atomic E-state index is 5.83. The van der Waals surface area contributed by atoms with Crippen LogP contribution in [0.1, 0.15) is 25.7 Å². The molecule has 0 atom stereocenters. The molecule has 2 fully saturated rings. The molecule has 0 radical (unpaired) electrons. The zero-order chi connectivity index (χ0) is 11.8. The molecule has 0 amide bonds. The average molecular weight is 234 g/mol. The van der Waals surface area contributed by atoms with Crippen molar-refractivity contribution in [2.24, 2.45) is 5.92 Å². The monoisotopic (exact) mass is 234 g/mol. The van der Waals surface area contributed by atoms with Crippen molar-refractivity contribution in [3.63, 3.8) is 0 Å². The molecule has 0 aliphatic heterocycles. The van der Waals surface area contributed by atoms with Gasteiger partial charge in [-0.1, -0.05) is 0 Å². The molecule has 3 rings (SSSR count). The number of hydrogen-bond acceptors (Lipinski definition) is 5. The minimum Gasteiger partial charge on any atom is -0.490 e. The lowest BCUT2D eigenvalue weighted by Gasteiger charge is -2.25. The quantitative estimate of drug-likeness (QED) is 0.835. The van der Waals surface area contributed by atoms with E-state index in [9.17, 15) is 0 Å². The van der Waals surface area contributed by atoms with Gasteiger partial charge in [-0.05, 0) is 31.6 Å². The van der Waals surface area contributed by atoms with Crippen LogP contribution in [-0.4, -0.2) is 29.7 Å². The fourth-order valence-electron chi connectivity index (χ4n) is 2.15. The maximum Gasteiger partial charge on any atom is 0.204 e. The Kier molecular flexibility index (Phi) is 2.53. The fraction of sp³-hybridized carbons (Fsp3) is 0.667. The third-order valence-electron chi connectivity index (χ3n) is 3.43. The highest BCUT2D eigenvalue weighted by Crippen LogP contribution is 2.41. The van der Waals surface area contributed by atoms with Gasteiger partial charge >= 0.3 is 0 Å². The van der Waals surface area contributed by atoms with Crippen molar-refractivity contribution in [2.75, 3.05) is 24.3 Å². The van der Waals surface area contributed by atoms with E-state index in [2.05, 4.69) is 14.9 Å². The Morgan fingerprint density at radius 2 is 2.12 bits per heavy atom. The van der Waals surface area contributed by atoms with Crippen LogP contribution < -0.4 is 15.4 Å². The normalized spacial score (nSPS) is 19.1. The molecule has 1 heterocycles. The summed E-state index contributed by atoms with van der Waals surface area (Å²) in [5, 5.41) is 0. The highest BCUT2D eigenvalue weighted by Gasteiger charge is 2.36. The smallest absolute Gasteiger partial charge is 0.204 e. The first-order valence-corrected chi connectivity index (χ1v) is 6.20. The molecular formula is C12H18N4O. The molecule has 1 aromatic rings. The molecule has 0 saturated heterocycles. The Morgan fingerprint density at radius 1 is 1.35 bits per heavy atom. The van der Waals surface area contributed by atoms with Gasteiger partial charge in [-0.3, -0.25) is 0 Å². The molecule has 0 unspecified atom stereocenters. The summed E-state index contributed by atoms with van der Waals surface area (Å²) in [5.41, 5.74) is 5.83. The Hall–Kier alpha value is -1.52. The number of anilines is 2. The van der Waals surface area contributed by atoms with Crippen LogP contribution in [0.3, 0.4) is 0 Å². The Morgan fingerprint density at radius 3 is 2.71 bits per heavy atom. The summed E-state index contributed by atoms with van der Waals surface area (Å²) in [5.74, 6) is 2.75. The Balaban J connectivity index is 1.90. The van der Waals surface area contributed by atoms with Crippen molar-refractivity contribution in [2.45, 2.75) is 31.7 Å². The second-order valence-electron chi connectivity index (χ2n) is 4.94. The molecule has 1 aromatic heterocycles. The van der Waals surface area contributed by atoms with Gasteiger partial charge in [-0.15, -0.1) is 0 Å². The number of hydrogen-bond donors (Lipinski definition) is 1. The number of nitrogens with zero attached hydrogens (tertiary/aromatic N) is 3. The minimum absolute atomic E-state index is 0.430. The van der Waals surface area contributed by atoms with E-state index in [0.717, 1.165) is 18.3 Å². The molecule has 2 saturated carbocycles. The zero-order valence-corrected chi connectivity index (χ0v) is 10.1.